The van der Waals surface area contributed by atoms with Crippen LogP contribution in [0.1, 0.15) is 31.1 Å². The second-order valence-electron chi connectivity index (χ2n) is 4.85. The van der Waals surface area contributed by atoms with Gasteiger partial charge in [0.15, 0.2) is 0 Å². The van der Waals surface area contributed by atoms with Crippen LogP contribution in [0.25, 0.3) is 0 Å². The first-order valence-corrected chi connectivity index (χ1v) is 7.65. The molecule has 1 amide bonds. The van der Waals surface area contributed by atoms with Crippen molar-refractivity contribution >= 4 is 44.4 Å². The zero-order chi connectivity index (χ0) is 13.9. The van der Waals surface area contributed by atoms with Gasteiger partial charge in [-0.15, -0.1) is 0 Å². The van der Waals surface area contributed by atoms with Gasteiger partial charge in [0.05, 0.1) is 11.1 Å². The van der Waals surface area contributed by atoms with Crippen LogP contribution < -0.4 is 11.1 Å². The molecule has 0 saturated carbocycles. The van der Waals surface area contributed by atoms with Crippen molar-refractivity contribution in [2.75, 3.05) is 6.54 Å². The molecule has 0 aliphatic heterocycles. The highest BCUT2D eigenvalue weighted by Gasteiger charge is 2.29. The number of nitrogens with one attached hydrogen (secondary N) is 1. The monoisotopic (exact) mass is 424 g/mol. The molecular formula is C13H18BrIN2O. The molecule has 0 fully saturated rings. The van der Waals surface area contributed by atoms with Crippen molar-refractivity contribution in [2.45, 2.75) is 26.3 Å². The molecule has 1 aromatic carbocycles. The van der Waals surface area contributed by atoms with Crippen molar-refractivity contribution in [1.29, 1.82) is 0 Å². The van der Waals surface area contributed by atoms with Gasteiger partial charge in [0.2, 0.25) is 0 Å². The Morgan fingerprint density at radius 1 is 1.56 bits per heavy atom. The molecule has 0 aromatic heterocycles. The summed E-state index contributed by atoms with van der Waals surface area (Å²) in [5.74, 6) is 0.193. The Kier molecular flexibility index (Phi) is 5.61. The van der Waals surface area contributed by atoms with Gasteiger partial charge < -0.3 is 11.1 Å². The molecule has 0 bridgehead atoms. The molecule has 1 rings (SSSR count). The minimum Gasteiger partial charge on any atom is -0.345 e. The van der Waals surface area contributed by atoms with Crippen LogP contribution in [-0.2, 0) is 0 Å². The van der Waals surface area contributed by atoms with Crippen molar-refractivity contribution in [2.24, 2.45) is 11.7 Å². The number of halogens is 2. The van der Waals surface area contributed by atoms with E-state index in [1.165, 1.54) is 0 Å². The Morgan fingerprint density at radius 3 is 2.67 bits per heavy atom. The molecule has 3 nitrogen and oxygen atoms in total. The first-order chi connectivity index (χ1) is 8.30. The van der Waals surface area contributed by atoms with E-state index in [0.29, 0.717) is 12.1 Å². The predicted octanol–water partition coefficient (Wildman–Crippen LogP) is 3.16. The lowest BCUT2D eigenvalue weighted by atomic mass is 9.88. The molecule has 0 saturated heterocycles. The molecule has 0 heterocycles. The SMILES string of the molecule is CC(C)C(C)(CN)NC(=O)c1cc(Br)ccc1I. The highest BCUT2D eigenvalue weighted by Crippen LogP contribution is 2.21. The van der Waals surface area contributed by atoms with Crippen LogP contribution in [0.15, 0.2) is 22.7 Å². The smallest absolute Gasteiger partial charge is 0.252 e. The van der Waals surface area contributed by atoms with Crippen molar-refractivity contribution in [3.05, 3.63) is 31.8 Å². The number of rotatable bonds is 4. The third-order valence-corrected chi connectivity index (χ3v) is 4.70. The molecule has 0 spiro atoms. The zero-order valence-corrected chi connectivity index (χ0v) is 14.5. The quantitative estimate of drug-likeness (QED) is 0.729. The molecule has 0 radical (unpaired) electrons. The maximum Gasteiger partial charge on any atom is 0.252 e. The van der Waals surface area contributed by atoms with E-state index in [-0.39, 0.29) is 17.4 Å². The van der Waals surface area contributed by atoms with Crippen LogP contribution in [0.5, 0.6) is 0 Å². The van der Waals surface area contributed by atoms with E-state index < -0.39 is 0 Å². The number of hydrogen-bond acceptors (Lipinski definition) is 2. The summed E-state index contributed by atoms with van der Waals surface area (Å²) in [5.41, 5.74) is 6.06. The van der Waals surface area contributed by atoms with Crippen LogP contribution in [0.2, 0.25) is 0 Å². The van der Waals surface area contributed by atoms with Crippen LogP contribution >= 0.6 is 38.5 Å². The molecule has 1 unspecified atom stereocenters. The summed E-state index contributed by atoms with van der Waals surface area (Å²) >= 11 is 5.54. The Balaban J connectivity index is 2.98. The summed E-state index contributed by atoms with van der Waals surface area (Å²) in [4.78, 5) is 12.3. The average Bonchev–Trinajstić information content (AvgIpc) is 2.31. The van der Waals surface area contributed by atoms with Crippen molar-refractivity contribution in [3.8, 4) is 0 Å². The van der Waals surface area contributed by atoms with Gasteiger partial charge in [0.1, 0.15) is 0 Å². The van der Waals surface area contributed by atoms with E-state index in [9.17, 15) is 4.79 Å². The van der Waals surface area contributed by atoms with E-state index in [1.807, 2.05) is 25.1 Å². The Bertz CT molecular complexity index is 451. The minimum atomic E-state index is -0.386. The lowest BCUT2D eigenvalue weighted by Gasteiger charge is -2.33. The lowest BCUT2D eigenvalue weighted by Crippen LogP contribution is -2.55. The van der Waals surface area contributed by atoms with Gasteiger partial charge in [0.25, 0.3) is 5.91 Å². The number of carbonyl (C=O) groups excluding carboxylic acids is 1. The zero-order valence-electron chi connectivity index (χ0n) is 10.8. The largest absolute Gasteiger partial charge is 0.345 e. The average molecular weight is 425 g/mol. The van der Waals surface area contributed by atoms with Crippen molar-refractivity contribution in [3.63, 3.8) is 0 Å². The van der Waals surface area contributed by atoms with Crippen LogP contribution in [0.4, 0.5) is 0 Å². The fourth-order valence-electron chi connectivity index (χ4n) is 1.43. The number of benzene rings is 1. The number of hydrogen-bond donors (Lipinski definition) is 2. The molecule has 3 N–H and O–H groups in total. The van der Waals surface area contributed by atoms with Gasteiger partial charge in [-0.05, 0) is 53.6 Å². The van der Waals surface area contributed by atoms with Crippen LogP contribution in [0.3, 0.4) is 0 Å². The molecule has 0 aliphatic carbocycles. The standard InChI is InChI=1S/C13H18BrIN2O/c1-8(2)13(3,7-16)17-12(18)10-6-9(14)4-5-11(10)15/h4-6,8H,7,16H2,1-3H3,(H,17,18). The van der Waals surface area contributed by atoms with Gasteiger partial charge in [-0.1, -0.05) is 29.8 Å². The van der Waals surface area contributed by atoms with E-state index in [1.54, 1.807) is 0 Å². The number of nitrogens with two attached hydrogens (primary N) is 1. The predicted molar refractivity (Wildman–Crippen MR) is 86.6 cm³/mol. The Labute approximate surface area is 130 Å². The highest BCUT2D eigenvalue weighted by molar-refractivity contribution is 14.1. The van der Waals surface area contributed by atoms with Crippen LogP contribution in [0, 0.1) is 9.49 Å². The Morgan fingerprint density at radius 2 is 2.17 bits per heavy atom. The maximum absolute atomic E-state index is 12.3. The van der Waals surface area contributed by atoms with Gasteiger partial charge in [-0.25, -0.2) is 0 Å². The van der Waals surface area contributed by atoms with Gasteiger partial charge >= 0.3 is 0 Å². The fraction of sp³-hybridized carbons (Fsp3) is 0.462. The number of amides is 1. The maximum atomic E-state index is 12.3. The molecule has 1 aromatic rings. The van der Waals surface area contributed by atoms with Gasteiger partial charge in [-0.3, -0.25) is 4.79 Å². The van der Waals surface area contributed by atoms with Crippen LogP contribution in [-0.4, -0.2) is 18.0 Å². The van der Waals surface area contributed by atoms with E-state index in [4.69, 9.17) is 5.73 Å². The van der Waals surface area contributed by atoms with Gasteiger partial charge in [-0.2, -0.15) is 0 Å². The van der Waals surface area contributed by atoms with Crippen molar-refractivity contribution in [1.82, 2.24) is 5.32 Å². The third-order valence-electron chi connectivity index (χ3n) is 3.27. The topological polar surface area (TPSA) is 55.1 Å². The summed E-state index contributed by atoms with van der Waals surface area (Å²) in [5, 5.41) is 3.04. The van der Waals surface area contributed by atoms with Gasteiger partial charge in [0, 0.05) is 14.6 Å². The fourth-order valence-corrected chi connectivity index (χ4v) is 2.37. The second-order valence-corrected chi connectivity index (χ2v) is 6.93. The summed E-state index contributed by atoms with van der Waals surface area (Å²) in [6.07, 6.45) is 0. The minimum absolute atomic E-state index is 0.0812. The lowest BCUT2D eigenvalue weighted by molar-refractivity contribution is 0.0882. The Hall–Kier alpha value is -0.140. The summed E-state index contributed by atoms with van der Waals surface area (Å²) in [7, 11) is 0. The van der Waals surface area contributed by atoms with E-state index in [2.05, 4.69) is 57.7 Å². The van der Waals surface area contributed by atoms with Crippen molar-refractivity contribution < 1.29 is 4.79 Å². The molecule has 5 heteroatoms. The second kappa shape index (κ2) is 6.34. The molecular weight excluding hydrogens is 407 g/mol. The first-order valence-electron chi connectivity index (χ1n) is 5.78. The van der Waals surface area contributed by atoms with E-state index >= 15 is 0 Å². The molecule has 18 heavy (non-hydrogen) atoms. The van der Waals surface area contributed by atoms with E-state index in [0.717, 1.165) is 8.04 Å². The number of carbonyl (C=O) groups is 1. The molecule has 1 atom stereocenters. The third kappa shape index (κ3) is 3.68. The highest BCUT2D eigenvalue weighted by atomic mass is 127. The molecule has 0 aliphatic rings. The first kappa shape index (κ1) is 15.9. The summed E-state index contributed by atoms with van der Waals surface area (Å²) in [6, 6.07) is 5.66. The molecule has 100 valence electrons. The summed E-state index contributed by atoms with van der Waals surface area (Å²) < 4.78 is 1.82. The summed E-state index contributed by atoms with van der Waals surface area (Å²) in [6.45, 7) is 6.50. The normalized spacial score (nSPS) is 14.4.